The van der Waals surface area contributed by atoms with Crippen molar-refractivity contribution in [3.8, 4) is 0 Å². The van der Waals surface area contributed by atoms with E-state index in [0.29, 0.717) is 6.54 Å². The molecule has 1 heterocycles. The van der Waals surface area contributed by atoms with Crippen LogP contribution in [0.4, 0.5) is 5.69 Å². The van der Waals surface area contributed by atoms with E-state index in [4.69, 9.17) is 5.73 Å². The second-order valence-electron chi connectivity index (χ2n) is 5.18. The molecule has 1 aliphatic carbocycles. The van der Waals surface area contributed by atoms with Gasteiger partial charge < -0.3 is 10.6 Å². The van der Waals surface area contributed by atoms with Crippen molar-refractivity contribution in [3.05, 3.63) is 29.3 Å². The molecule has 1 saturated heterocycles. The van der Waals surface area contributed by atoms with Crippen molar-refractivity contribution in [2.45, 2.75) is 26.3 Å². The Morgan fingerprint density at radius 2 is 2.07 bits per heavy atom. The van der Waals surface area contributed by atoms with Crippen LogP contribution in [-0.4, -0.2) is 13.1 Å². The van der Waals surface area contributed by atoms with Gasteiger partial charge in [-0.15, -0.1) is 0 Å². The van der Waals surface area contributed by atoms with Gasteiger partial charge in [-0.1, -0.05) is 12.1 Å². The molecule has 1 aromatic carbocycles. The van der Waals surface area contributed by atoms with Gasteiger partial charge in [-0.2, -0.15) is 0 Å². The zero-order valence-electron chi connectivity index (χ0n) is 9.29. The normalized spacial score (nSPS) is 21.6. The summed E-state index contributed by atoms with van der Waals surface area (Å²) in [6, 6.07) is 6.57. The van der Waals surface area contributed by atoms with Crippen molar-refractivity contribution in [2.24, 2.45) is 11.1 Å². The van der Waals surface area contributed by atoms with Crippen LogP contribution in [0, 0.1) is 12.3 Å². The van der Waals surface area contributed by atoms with Gasteiger partial charge in [0, 0.05) is 30.7 Å². The zero-order valence-corrected chi connectivity index (χ0v) is 9.29. The molecule has 2 fully saturated rings. The molecular formula is C13H18N2. The minimum Gasteiger partial charge on any atom is -0.370 e. The molecule has 2 N–H and O–H groups in total. The first kappa shape index (κ1) is 9.22. The van der Waals surface area contributed by atoms with Gasteiger partial charge in [-0.05, 0) is 37.0 Å². The van der Waals surface area contributed by atoms with Crippen molar-refractivity contribution < 1.29 is 0 Å². The molecule has 3 rings (SSSR count). The zero-order chi connectivity index (χ0) is 10.5. The summed E-state index contributed by atoms with van der Waals surface area (Å²) < 4.78 is 0. The number of anilines is 1. The maximum absolute atomic E-state index is 5.68. The molecular weight excluding hydrogens is 184 g/mol. The lowest BCUT2D eigenvalue weighted by molar-refractivity contribution is 0.387. The number of nitrogens with two attached hydrogens (primary N) is 1. The van der Waals surface area contributed by atoms with Crippen molar-refractivity contribution in [1.82, 2.24) is 0 Å². The van der Waals surface area contributed by atoms with Gasteiger partial charge in [0.1, 0.15) is 0 Å². The topological polar surface area (TPSA) is 29.3 Å². The van der Waals surface area contributed by atoms with E-state index in [1.165, 1.54) is 42.7 Å². The van der Waals surface area contributed by atoms with Gasteiger partial charge in [-0.25, -0.2) is 0 Å². The largest absolute Gasteiger partial charge is 0.370 e. The van der Waals surface area contributed by atoms with Crippen LogP contribution in [-0.2, 0) is 6.54 Å². The quantitative estimate of drug-likeness (QED) is 0.795. The van der Waals surface area contributed by atoms with Gasteiger partial charge in [0.2, 0.25) is 0 Å². The Morgan fingerprint density at radius 1 is 1.33 bits per heavy atom. The van der Waals surface area contributed by atoms with Crippen LogP contribution in [0.25, 0.3) is 0 Å². The van der Waals surface area contributed by atoms with Gasteiger partial charge >= 0.3 is 0 Å². The third-order valence-corrected chi connectivity index (χ3v) is 3.86. The van der Waals surface area contributed by atoms with Crippen LogP contribution in [0.5, 0.6) is 0 Å². The van der Waals surface area contributed by atoms with E-state index in [1.807, 2.05) is 0 Å². The summed E-state index contributed by atoms with van der Waals surface area (Å²) in [5.74, 6) is 0. The van der Waals surface area contributed by atoms with E-state index in [-0.39, 0.29) is 0 Å². The summed E-state index contributed by atoms with van der Waals surface area (Å²) in [6.45, 7) is 5.36. The molecule has 0 bridgehead atoms. The number of hydrogen-bond acceptors (Lipinski definition) is 2. The van der Waals surface area contributed by atoms with Crippen LogP contribution in [0.3, 0.4) is 0 Å². The minimum absolute atomic E-state index is 0.645. The summed E-state index contributed by atoms with van der Waals surface area (Å²) in [5, 5.41) is 0. The summed E-state index contributed by atoms with van der Waals surface area (Å²) in [7, 11) is 0. The molecule has 0 unspecified atom stereocenters. The summed E-state index contributed by atoms with van der Waals surface area (Å²) >= 11 is 0. The molecule has 1 spiro atoms. The van der Waals surface area contributed by atoms with Crippen LogP contribution in [0.15, 0.2) is 18.2 Å². The fourth-order valence-electron chi connectivity index (χ4n) is 2.55. The molecule has 80 valence electrons. The smallest absolute Gasteiger partial charge is 0.0399 e. The fraction of sp³-hybridized carbons (Fsp3) is 0.538. The maximum atomic E-state index is 5.68. The molecule has 0 aromatic heterocycles. The highest BCUT2D eigenvalue weighted by atomic mass is 15.2. The van der Waals surface area contributed by atoms with Gasteiger partial charge in [0.05, 0.1) is 0 Å². The SMILES string of the molecule is Cc1ccc(CN)cc1N1CC2(CC2)C1. The molecule has 2 heteroatoms. The Labute approximate surface area is 91.1 Å². The Bertz CT molecular complexity index is 386. The summed E-state index contributed by atoms with van der Waals surface area (Å²) in [4.78, 5) is 2.50. The lowest BCUT2D eigenvalue weighted by Crippen LogP contribution is -2.48. The van der Waals surface area contributed by atoms with Crippen molar-refractivity contribution >= 4 is 5.69 Å². The highest BCUT2D eigenvalue weighted by Gasteiger charge is 2.52. The number of rotatable bonds is 2. The molecule has 0 amide bonds. The van der Waals surface area contributed by atoms with Crippen LogP contribution >= 0.6 is 0 Å². The Morgan fingerprint density at radius 3 is 2.67 bits per heavy atom. The monoisotopic (exact) mass is 202 g/mol. The predicted molar refractivity (Wildman–Crippen MR) is 63.0 cm³/mol. The number of nitrogens with zero attached hydrogens (tertiary/aromatic N) is 1. The first-order valence-corrected chi connectivity index (χ1v) is 5.77. The molecule has 0 atom stereocenters. The third-order valence-electron chi connectivity index (χ3n) is 3.86. The maximum Gasteiger partial charge on any atom is 0.0399 e. The number of benzene rings is 1. The van der Waals surface area contributed by atoms with Crippen LogP contribution in [0.1, 0.15) is 24.0 Å². The van der Waals surface area contributed by atoms with E-state index in [2.05, 4.69) is 30.0 Å². The molecule has 2 aliphatic rings. The summed E-state index contributed by atoms with van der Waals surface area (Å²) in [5.41, 5.74) is 10.4. The van der Waals surface area contributed by atoms with Crippen LogP contribution in [0.2, 0.25) is 0 Å². The number of aryl methyl sites for hydroxylation is 1. The molecule has 1 aromatic rings. The first-order chi connectivity index (χ1) is 7.22. The predicted octanol–water partition coefficient (Wildman–Crippen LogP) is 2.05. The standard InChI is InChI=1S/C13H18N2/c1-10-2-3-11(7-14)6-12(10)15-8-13(9-15)4-5-13/h2-3,6H,4-5,7-9,14H2,1H3. The minimum atomic E-state index is 0.645. The average Bonchev–Trinajstić information content (AvgIpc) is 2.96. The van der Waals surface area contributed by atoms with E-state index in [1.54, 1.807) is 0 Å². The fourth-order valence-corrected chi connectivity index (χ4v) is 2.55. The Balaban J connectivity index is 1.84. The highest BCUT2D eigenvalue weighted by Crippen LogP contribution is 2.54. The summed E-state index contributed by atoms with van der Waals surface area (Å²) in [6.07, 6.45) is 2.89. The second-order valence-corrected chi connectivity index (χ2v) is 5.18. The van der Waals surface area contributed by atoms with Gasteiger partial charge in [0.15, 0.2) is 0 Å². The second kappa shape index (κ2) is 2.99. The molecule has 0 radical (unpaired) electrons. The van der Waals surface area contributed by atoms with Gasteiger partial charge in [-0.3, -0.25) is 0 Å². The third kappa shape index (κ3) is 1.44. The number of hydrogen-bond donors (Lipinski definition) is 1. The molecule has 2 nitrogen and oxygen atoms in total. The lowest BCUT2D eigenvalue weighted by Gasteiger charge is -2.42. The molecule has 1 saturated carbocycles. The van der Waals surface area contributed by atoms with E-state index >= 15 is 0 Å². The Hall–Kier alpha value is -1.02. The van der Waals surface area contributed by atoms with E-state index in [9.17, 15) is 0 Å². The van der Waals surface area contributed by atoms with E-state index in [0.717, 1.165) is 5.41 Å². The van der Waals surface area contributed by atoms with Crippen molar-refractivity contribution in [1.29, 1.82) is 0 Å². The van der Waals surface area contributed by atoms with Gasteiger partial charge in [0.25, 0.3) is 0 Å². The van der Waals surface area contributed by atoms with Crippen molar-refractivity contribution in [2.75, 3.05) is 18.0 Å². The molecule has 1 aliphatic heterocycles. The lowest BCUT2D eigenvalue weighted by atomic mass is 9.94. The highest BCUT2D eigenvalue weighted by molar-refractivity contribution is 5.58. The van der Waals surface area contributed by atoms with Crippen LogP contribution < -0.4 is 10.6 Å². The first-order valence-electron chi connectivity index (χ1n) is 5.77. The molecule has 15 heavy (non-hydrogen) atoms. The van der Waals surface area contributed by atoms with E-state index < -0.39 is 0 Å². The Kier molecular flexibility index (Phi) is 1.84. The average molecular weight is 202 g/mol. The van der Waals surface area contributed by atoms with Crippen molar-refractivity contribution in [3.63, 3.8) is 0 Å².